The molecule has 0 amide bonds. The summed E-state index contributed by atoms with van der Waals surface area (Å²) >= 11 is 0. The first-order valence-electron chi connectivity index (χ1n) is 21.5. The van der Waals surface area contributed by atoms with Gasteiger partial charge in [-0.1, -0.05) is 212 Å². The van der Waals surface area contributed by atoms with Crippen molar-refractivity contribution >= 4 is 21.5 Å². The number of nitrogens with zero attached hydrogens (tertiary/aromatic N) is 3. The second-order valence-electron chi connectivity index (χ2n) is 16.3. The highest BCUT2D eigenvalue weighted by atomic mass is 15.0. The summed E-state index contributed by atoms with van der Waals surface area (Å²) in [5.74, 6) is 1.92. The average Bonchev–Trinajstić information content (AvgIpc) is 3.67. The summed E-state index contributed by atoms with van der Waals surface area (Å²) in [7, 11) is 0. The molecule has 3 nitrogen and oxygen atoms in total. The standard InChI is InChI=1S/C60H39N3/c1-5-17-40(18-6-1)49-35-36-54(51-26-14-13-25-50(49)51)59-62-57(41-19-7-2-8-20-41)61-58(63-59)46-32-31-42-37-43(29-30-44(42)38-46)45-33-34-53-52-27-15-16-28-55(52)60(56(53)39-45,47-21-9-3-10-22-47)48-23-11-4-12-24-48/h1-39H. The van der Waals surface area contributed by atoms with E-state index in [4.69, 9.17) is 15.0 Å². The minimum absolute atomic E-state index is 0.450. The molecule has 0 saturated carbocycles. The monoisotopic (exact) mass is 801 g/mol. The molecule has 0 spiro atoms. The van der Waals surface area contributed by atoms with E-state index >= 15 is 0 Å². The molecule has 10 aromatic carbocycles. The molecule has 12 rings (SSSR count). The van der Waals surface area contributed by atoms with Crippen LogP contribution < -0.4 is 0 Å². The van der Waals surface area contributed by atoms with Crippen molar-refractivity contribution in [3.05, 3.63) is 259 Å². The highest BCUT2D eigenvalue weighted by Gasteiger charge is 2.46. The summed E-state index contributed by atoms with van der Waals surface area (Å²) in [6.45, 7) is 0. The van der Waals surface area contributed by atoms with Gasteiger partial charge in [0.15, 0.2) is 17.5 Å². The Morgan fingerprint density at radius 3 is 1.38 bits per heavy atom. The van der Waals surface area contributed by atoms with E-state index in [-0.39, 0.29) is 0 Å². The lowest BCUT2D eigenvalue weighted by molar-refractivity contribution is 0.769. The molecular formula is C60H39N3. The average molecular weight is 802 g/mol. The third kappa shape index (κ3) is 6.08. The second kappa shape index (κ2) is 15.0. The molecule has 0 fully saturated rings. The Hall–Kier alpha value is -8.27. The van der Waals surface area contributed by atoms with Gasteiger partial charge in [-0.2, -0.15) is 0 Å². The number of benzene rings is 10. The molecule has 0 unspecified atom stereocenters. The van der Waals surface area contributed by atoms with Crippen molar-refractivity contribution in [1.82, 2.24) is 15.0 Å². The van der Waals surface area contributed by atoms with Crippen molar-refractivity contribution < 1.29 is 0 Å². The van der Waals surface area contributed by atoms with Gasteiger partial charge >= 0.3 is 0 Å². The molecule has 63 heavy (non-hydrogen) atoms. The third-order valence-electron chi connectivity index (χ3n) is 12.8. The van der Waals surface area contributed by atoms with E-state index in [1.165, 1.54) is 55.6 Å². The van der Waals surface area contributed by atoms with Crippen molar-refractivity contribution in [1.29, 1.82) is 0 Å². The summed E-state index contributed by atoms with van der Waals surface area (Å²) in [6.07, 6.45) is 0. The van der Waals surface area contributed by atoms with E-state index in [2.05, 4.69) is 218 Å². The van der Waals surface area contributed by atoms with Crippen molar-refractivity contribution in [2.45, 2.75) is 5.41 Å². The fraction of sp³-hybridized carbons (Fsp3) is 0.0167. The summed E-state index contributed by atoms with van der Waals surface area (Å²) in [5.41, 5.74) is 14.8. The van der Waals surface area contributed by atoms with E-state index in [9.17, 15) is 0 Å². The van der Waals surface area contributed by atoms with Gasteiger partial charge in [-0.15, -0.1) is 0 Å². The Kier molecular flexibility index (Phi) is 8.72. The number of hydrogen-bond donors (Lipinski definition) is 0. The van der Waals surface area contributed by atoms with Crippen molar-refractivity contribution in [3.63, 3.8) is 0 Å². The first kappa shape index (κ1) is 36.6. The van der Waals surface area contributed by atoms with Gasteiger partial charge in [0, 0.05) is 16.7 Å². The van der Waals surface area contributed by atoms with Gasteiger partial charge in [-0.3, -0.25) is 0 Å². The molecule has 0 N–H and O–H groups in total. The summed E-state index contributed by atoms with van der Waals surface area (Å²) in [6, 6.07) is 84.9. The number of rotatable bonds is 7. The lowest BCUT2D eigenvalue weighted by atomic mass is 9.67. The molecule has 1 aliphatic carbocycles. The molecule has 1 heterocycles. The first-order valence-corrected chi connectivity index (χ1v) is 21.5. The summed E-state index contributed by atoms with van der Waals surface area (Å²) in [4.78, 5) is 15.4. The van der Waals surface area contributed by atoms with Crippen LogP contribution in [0.1, 0.15) is 22.3 Å². The van der Waals surface area contributed by atoms with Crippen LogP contribution in [0.15, 0.2) is 237 Å². The topological polar surface area (TPSA) is 38.7 Å². The minimum atomic E-state index is -0.450. The molecule has 11 aromatic rings. The lowest BCUT2D eigenvalue weighted by Crippen LogP contribution is -2.28. The second-order valence-corrected chi connectivity index (χ2v) is 16.3. The van der Waals surface area contributed by atoms with Crippen LogP contribution in [0.2, 0.25) is 0 Å². The largest absolute Gasteiger partial charge is 0.208 e. The number of hydrogen-bond acceptors (Lipinski definition) is 3. The number of fused-ring (bicyclic) bond motifs is 5. The predicted octanol–water partition coefficient (Wildman–Crippen LogP) is 14.9. The third-order valence-corrected chi connectivity index (χ3v) is 12.8. The predicted molar refractivity (Wildman–Crippen MR) is 259 cm³/mol. The van der Waals surface area contributed by atoms with Crippen LogP contribution in [0.3, 0.4) is 0 Å². The van der Waals surface area contributed by atoms with E-state index in [1.807, 2.05) is 18.2 Å². The Labute approximate surface area is 366 Å². The molecule has 3 heteroatoms. The highest BCUT2D eigenvalue weighted by Crippen LogP contribution is 2.56. The fourth-order valence-corrected chi connectivity index (χ4v) is 9.89. The van der Waals surface area contributed by atoms with Gasteiger partial charge in [-0.05, 0) is 101 Å². The quantitative estimate of drug-likeness (QED) is 0.161. The summed E-state index contributed by atoms with van der Waals surface area (Å²) < 4.78 is 0. The highest BCUT2D eigenvalue weighted by molar-refractivity contribution is 6.04. The molecule has 0 atom stereocenters. The molecule has 294 valence electrons. The number of aromatic nitrogens is 3. The molecule has 1 aromatic heterocycles. The molecule has 0 bridgehead atoms. The van der Waals surface area contributed by atoms with Crippen molar-refractivity contribution in [2.75, 3.05) is 0 Å². The Balaban J connectivity index is 0.968. The Morgan fingerprint density at radius 2 is 0.698 bits per heavy atom. The molecule has 0 radical (unpaired) electrons. The normalized spacial score (nSPS) is 12.6. The van der Waals surface area contributed by atoms with E-state index in [0.29, 0.717) is 17.5 Å². The van der Waals surface area contributed by atoms with E-state index < -0.39 is 5.41 Å². The maximum absolute atomic E-state index is 5.22. The van der Waals surface area contributed by atoms with Crippen LogP contribution in [0.5, 0.6) is 0 Å². The summed E-state index contributed by atoms with van der Waals surface area (Å²) in [5, 5.41) is 4.53. The van der Waals surface area contributed by atoms with Crippen LogP contribution in [-0.4, -0.2) is 15.0 Å². The van der Waals surface area contributed by atoms with E-state index in [1.54, 1.807) is 0 Å². The zero-order valence-electron chi connectivity index (χ0n) is 34.4. The van der Waals surface area contributed by atoms with Crippen LogP contribution in [0, 0.1) is 0 Å². The van der Waals surface area contributed by atoms with Gasteiger partial charge < -0.3 is 0 Å². The van der Waals surface area contributed by atoms with Crippen LogP contribution in [-0.2, 0) is 5.41 Å². The van der Waals surface area contributed by atoms with Gasteiger partial charge in [0.25, 0.3) is 0 Å². The molecule has 0 aliphatic heterocycles. The fourth-order valence-electron chi connectivity index (χ4n) is 9.89. The van der Waals surface area contributed by atoms with Crippen molar-refractivity contribution in [2.24, 2.45) is 0 Å². The van der Waals surface area contributed by atoms with Gasteiger partial charge in [0.05, 0.1) is 5.41 Å². The first-order chi connectivity index (χ1) is 31.2. The lowest BCUT2D eigenvalue weighted by Gasteiger charge is -2.34. The van der Waals surface area contributed by atoms with Gasteiger partial charge in [0.2, 0.25) is 0 Å². The maximum Gasteiger partial charge on any atom is 0.164 e. The van der Waals surface area contributed by atoms with Crippen LogP contribution in [0.4, 0.5) is 0 Å². The van der Waals surface area contributed by atoms with E-state index in [0.717, 1.165) is 38.2 Å². The zero-order valence-corrected chi connectivity index (χ0v) is 34.4. The molecule has 0 saturated heterocycles. The van der Waals surface area contributed by atoms with Crippen LogP contribution >= 0.6 is 0 Å². The maximum atomic E-state index is 5.22. The molecular weight excluding hydrogens is 763 g/mol. The van der Waals surface area contributed by atoms with Gasteiger partial charge in [0.1, 0.15) is 0 Å². The smallest absolute Gasteiger partial charge is 0.164 e. The Bertz CT molecular complexity index is 3450. The van der Waals surface area contributed by atoms with Crippen LogP contribution in [0.25, 0.3) is 89.1 Å². The van der Waals surface area contributed by atoms with Crippen molar-refractivity contribution in [3.8, 4) is 67.5 Å². The zero-order chi connectivity index (χ0) is 41.7. The van der Waals surface area contributed by atoms with Gasteiger partial charge in [-0.25, -0.2) is 15.0 Å². The SMILES string of the molecule is c1ccc(-c2nc(-c3ccc4cc(-c5ccc6c(c5)C(c5ccccc5)(c5ccccc5)c5ccccc5-6)ccc4c3)nc(-c3ccc(-c4ccccc4)c4ccccc34)n2)cc1. The minimum Gasteiger partial charge on any atom is -0.208 e. The Morgan fingerprint density at radius 1 is 0.254 bits per heavy atom. The molecule has 1 aliphatic rings.